The molecule has 148 valence electrons. The molecule has 0 radical (unpaired) electrons. The monoisotopic (exact) mass is 408 g/mol. The van der Waals surface area contributed by atoms with Crippen LogP contribution >= 0.6 is 11.3 Å². The van der Waals surface area contributed by atoms with E-state index in [-0.39, 0.29) is 11.6 Å². The SMILES string of the molecule is COc1cc(Nc2nccc(-c3sc(C)nc3C(F)F)n2)cc(OC)c1OC. The first-order valence-electron chi connectivity index (χ1n) is 8.12. The average molecular weight is 408 g/mol. The van der Waals surface area contributed by atoms with Crippen LogP contribution < -0.4 is 19.5 Å². The van der Waals surface area contributed by atoms with Crippen LogP contribution in [0, 0.1) is 6.92 Å². The van der Waals surface area contributed by atoms with Gasteiger partial charge in [-0.3, -0.25) is 0 Å². The number of nitrogens with zero attached hydrogens (tertiary/aromatic N) is 3. The predicted octanol–water partition coefficient (Wildman–Crippen LogP) is 4.62. The Labute approximate surface area is 164 Å². The Kier molecular flexibility index (Phi) is 5.88. The van der Waals surface area contributed by atoms with Crippen LogP contribution in [-0.4, -0.2) is 36.3 Å². The van der Waals surface area contributed by atoms with Crippen molar-refractivity contribution in [3.8, 4) is 27.8 Å². The maximum atomic E-state index is 13.3. The summed E-state index contributed by atoms with van der Waals surface area (Å²) in [6.45, 7) is 1.68. The van der Waals surface area contributed by atoms with Crippen molar-refractivity contribution >= 4 is 23.0 Å². The first-order chi connectivity index (χ1) is 13.5. The van der Waals surface area contributed by atoms with Gasteiger partial charge in [0.15, 0.2) is 11.5 Å². The summed E-state index contributed by atoms with van der Waals surface area (Å²) in [6, 6.07) is 4.96. The van der Waals surface area contributed by atoms with Crippen molar-refractivity contribution in [1.29, 1.82) is 0 Å². The van der Waals surface area contributed by atoms with E-state index >= 15 is 0 Å². The van der Waals surface area contributed by atoms with Crippen LogP contribution in [0.3, 0.4) is 0 Å². The van der Waals surface area contributed by atoms with E-state index in [0.29, 0.717) is 38.5 Å². The average Bonchev–Trinajstić information content (AvgIpc) is 3.09. The molecule has 0 unspecified atom stereocenters. The molecule has 2 aromatic heterocycles. The van der Waals surface area contributed by atoms with Crippen molar-refractivity contribution in [2.24, 2.45) is 0 Å². The Morgan fingerprint density at radius 3 is 2.29 bits per heavy atom. The van der Waals surface area contributed by atoms with Crippen molar-refractivity contribution in [2.45, 2.75) is 13.3 Å². The molecule has 3 aromatic rings. The van der Waals surface area contributed by atoms with Gasteiger partial charge in [0.2, 0.25) is 11.7 Å². The molecule has 0 spiro atoms. The number of alkyl halides is 2. The van der Waals surface area contributed by atoms with Gasteiger partial charge in [-0.25, -0.2) is 23.7 Å². The molecular weight excluding hydrogens is 390 g/mol. The van der Waals surface area contributed by atoms with Gasteiger partial charge in [-0.15, -0.1) is 11.3 Å². The van der Waals surface area contributed by atoms with Gasteiger partial charge in [-0.2, -0.15) is 0 Å². The topological polar surface area (TPSA) is 78.4 Å². The van der Waals surface area contributed by atoms with Crippen LogP contribution in [0.5, 0.6) is 17.2 Å². The van der Waals surface area contributed by atoms with E-state index < -0.39 is 6.43 Å². The van der Waals surface area contributed by atoms with Crippen molar-refractivity contribution in [1.82, 2.24) is 15.0 Å². The highest BCUT2D eigenvalue weighted by atomic mass is 32.1. The highest BCUT2D eigenvalue weighted by molar-refractivity contribution is 7.15. The van der Waals surface area contributed by atoms with Crippen LogP contribution in [0.2, 0.25) is 0 Å². The second-order valence-corrected chi connectivity index (χ2v) is 6.76. The summed E-state index contributed by atoms with van der Waals surface area (Å²) < 4.78 is 42.4. The first kappa shape index (κ1) is 19.7. The molecule has 0 aliphatic carbocycles. The maximum absolute atomic E-state index is 13.3. The van der Waals surface area contributed by atoms with E-state index in [1.54, 1.807) is 25.1 Å². The zero-order chi connectivity index (χ0) is 20.3. The van der Waals surface area contributed by atoms with E-state index in [4.69, 9.17) is 14.2 Å². The van der Waals surface area contributed by atoms with Crippen molar-refractivity contribution in [3.63, 3.8) is 0 Å². The first-order valence-corrected chi connectivity index (χ1v) is 8.94. The number of aryl methyl sites for hydroxylation is 1. The zero-order valence-electron chi connectivity index (χ0n) is 15.6. The molecule has 3 rings (SSSR count). The summed E-state index contributed by atoms with van der Waals surface area (Å²) >= 11 is 1.16. The zero-order valence-corrected chi connectivity index (χ0v) is 16.4. The van der Waals surface area contributed by atoms with E-state index in [1.165, 1.54) is 27.5 Å². The number of ether oxygens (including phenoxy) is 3. The summed E-state index contributed by atoms with van der Waals surface area (Å²) in [5.41, 5.74) is 0.673. The fraction of sp³-hybridized carbons (Fsp3) is 0.278. The smallest absolute Gasteiger partial charge is 0.281 e. The maximum Gasteiger partial charge on any atom is 0.281 e. The Hall–Kier alpha value is -3.01. The highest BCUT2D eigenvalue weighted by Crippen LogP contribution is 2.40. The third-order valence-electron chi connectivity index (χ3n) is 3.78. The van der Waals surface area contributed by atoms with Crippen molar-refractivity contribution in [2.75, 3.05) is 26.6 Å². The van der Waals surface area contributed by atoms with Crippen LogP contribution in [0.1, 0.15) is 17.1 Å². The molecule has 0 saturated carbocycles. The molecule has 0 bridgehead atoms. The Morgan fingerprint density at radius 2 is 1.71 bits per heavy atom. The molecule has 1 N–H and O–H groups in total. The number of hydrogen-bond donors (Lipinski definition) is 1. The molecule has 10 heteroatoms. The van der Waals surface area contributed by atoms with E-state index in [9.17, 15) is 8.78 Å². The molecule has 0 atom stereocenters. The third-order valence-corrected chi connectivity index (χ3v) is 4.79. The lowest BCUT2D eigenvalue weighted by atomic mass is 10.2. The molecule has 0 amide bonds. The largest absolute Gasteiger partial charge is 0.493 e. The Bertz CT molecular complexity index is 956. The van der Waals surface area contributed by atoms with Gasteiger partial charge in [0.25, 0.3) is 6.43 Å². The Morgan fingerprint density at radius 1 is 1.04 bits per heavy atom. The predicted molar refractivity (Wildman–Crippen MR) is 102 cm³/mol. The van der Waals surface area contributed by atoms with E-state index in [0.717, 1.165) is 11.3 Å². The van der Waals surface area contributed by atoms with Gasteiger partial charge in [0.1, 0.15) is 5.69 Å². The lowest BCUT2D eigenvalue weighted by Gasteiger charge is -2.14. The molecule has 2 heterocycles. The Balaban J connectivity index is 1.96. The fourth-order valence-electron chi connectivity index (χ4n) is 2.60. The van der Waals surface area contributed by atoms with Gasteiger partial charge in [0, 0.05) is 24.0 Å². The summed E-state index contributed by atoms with van der Waals surface area (Å²) in [5.74, 6) is 1.60. The number of rotatable bonds is 7. The molecule has 0 aliphatic heterocycles. The lowest BCUT2D eigenvalue weighted by Crippen LogP contribution is -2.01. The summed E-state index contributed by atoms with van der Waals surface area (Å²) in [5, 5.41) is 3.57. The fourth-order valence-corrected chi connectivity index (χ4v) is 3.50. The van der Waals surface area contributed by atoms with Gasteiger partial charge in [-0.1, -0.05) is 0 Å². The normalized spacial score (nSPS) is 10.8. The number of hydrogen-bond acceptors (Lipinski definition) is 8. The molecule has 1 aromatic carbocycles. The highest BCUT2D eigenvalue weighted by Gasteiger charge is 2.21. The lowest BCUT2D eigenvalue weighted by molar-refractivity contribution is 0.147. The molecule has 0 saturated heterocycles. The van der Waals surface area contributed by atoms with Gasteiger partial charge in [0.05, 0.1) is 36.9 Å². The molecular formula is C18H18F2N4O3S. The van der Waals surface area contributed by atoms with Gasteiger partial charge >= 0.3 is 0 Å². The molecule has 7 nitrogen and oxygen atoms in total. The number of benzene rings is 1. The van der Waals surface area contributed by atoms with Crippen LogP contribution in [0.25, 0.3) is 10.6 Å². The van der Waals surface area contributed by atoms with Gasteiger partial charge in [-0.05, 0) is 13.0 Å². The minimum absolute atomic E-state index is 0.234. The van der Waals surface area contributed by atoms with Gasteiger partial charge < -0.3 is 19.5 Å². The molecule has 0 fully saturated rings. The van der Waals surface area contributed by atoms with E-state index in [2.05, 4.69) is 20.3 Å². The summed E-state index contributed by atoms with van der Waals surface area (Å²) in [4.78, 5) is 12.7. The molecule has 28 heavy (non-hydrogen) atoms. The van der Waals surface area contributed by atoms with Crippen molar-refractivity contribution < 1.29 is 23.0 Å². The van der Waals surface area contributed by atoms with E-state index in [1.807, 2.05) is 0 Å². The number of anilines is 2. The number of halogens is 2. The second kappa shape index (κ2) is 8.34. The number of methoxy groups -OCH3 is 3. The second-order valence-electron chi connectivity index (χ2n) is 5.55. The quantitative estimate of drug-likeness (QED) is 0.611. The minimum Gasteiger partial charge on any atom is -0.493 e. The third kappa shape index (κ3) is 3.96. The minimum atomic E-state index is -2.68. The van der Waals surface area contributed by atoms with Crippen LogP contribution in [-0.2, 0) is 0 Å². The van der Waals surface area contributed by atoms with Crippen LogP contribution in [0.15, 0.2) is 24.4 Å². The summed E-state index contributed by atoms with van der Waals surface area (Å²) in [7, 11) is 4.53. The van der Waals surface area contributed by atoms with Crippen molar-refractivity contribution in [3.05, 3.63) is 35.1 Å². The number of thiazole rings is 1. The number of nitrogens with one attached hydrogen (secondary N) is 1. The van der Waals surface area contributed by atoms with Crippen LogP contribution in [0.4, 0.5) is 20.4 Å². The summed E-state index contributed by atoms with van der Waals surface area (Å²) in [6.07, 6.45) is -1.19. The molecule has 0 aliphatic rings. The number of aromatic nitrogens is 3. The standard InChI is InChI=1S/C18H18F2N4O3S/c1-9-22-14(17(19)20)16(28-9)11-5-6-21-18(24-11)23-10-7-12(25-2)15(27-4)13(8-10)26-3/h5-8,17H,1-4H3,(H,21,23,24).